The van der Waals surface area contributed by atoms with Gasteiger partial charge in [0.2, 0.25) is 6.10 Å². The number of nitrogens with one attached hydrogen (secondary N) is 1. The van der Waals surface area contributed by atoms with E-state index in [-0.39, 0.29) is 11.5 Å². The number of aryl methyl sites for hydroxylation is 2. The topological polar surface area (TPSA) is 89.5 Å². The van der Waals surface area contributed by atoms with E-state index in [0.717, 1.165) is 17.5 Å². The molecule has 25 heavy (non-hydrogen) atoms. The second kappa shape index (κ2) is 5.66. The number of fused-ring (bicyclic) bond motifs is 2. The van der Waals surface area contributed by atoms with Gasteiger partial charge in [-0.25, -0.2) is 0 Å². The number of Topliss-reactive ketones (excluding diaryl/α,β-unsaturated/α-hetero) is 1. The van der Waals surface area contributed by atoms with E-state index in [2.05, 4.69) is 0 Å². The molecule has 0 bridgehead atoms. The molecule has 0 saturated carbocycles. The van der Waals surface area contributed by atoms with Crippen LogP contribution in [-0.4, -0.2) is 29.5 Å². The molecule has 0 radical (unpaired) electrons. The van der Waals surface area contributed by atoms with E-state index >= 15 is 0 Å². The molecular weight excluding hydrogens is 322 g/mol. The van der Waals surface area contributed by atoms with Gasteiger partial charge in [-0.3, -0.25) is 24.5 Å². The van der Waals surface area contributed by atoms with Crippen LogP contribution in [0.15, 0.2) is 42.5 Å². The number of rotatable bonds is 2. The van der Waals surface area contributed by atoms with Crippen LogP contribution in [0.3, 0.4) is 0 Å². The first-order valence-electron chi connectivity index (χ1n) is 7.86. The third-order valence-electron chi connectivity index (χ3n) is 4.44. The average Bonchev–Trinajstić information content (AvgIpc) is 2.78. The first-order chi connectivity index (χ1) is 12.0. The number of hydrogen-bond acceptors (Lipinski definition) is 5. The van der Waals surface area contributed by atoms with Gasteiger partial charge < -0.3 is 4.74 Å². The summed E-state index contributed by atoms with van der Waals surface area (Å²) in [4.78, 5) is 47.4. The summed E-state index contributed by atoms with van der Waals surface area (Å²) in [6.07, 6.45) is -0.0361. The van der Waals surface area contributed by atoms with Crippen molar-refractivity contribution in [2.75, 3.05) is 0 Å². The van der Waals surface area contributed by atoms with E-state index in [9.17, 15) is 19.2 Å². The van der Waals surface area contributed by atoms with E-state index in [4.69, 9.17) is 4.74 Å². The van der Waals surface area contributed by atoms with Crippen LogP contribution in [0.5, 0.6) is 5.75 Å². The Balaban J connectivity index is 1.69. The third-order valence-corrected chi connectivity index (χ3v) is 4.44. The monoisotopic (exact) mass is 335 g/mol. The van der Waals surface area contributed by atoms with Gasteiger partial charge >= 0.3 is 0 Å². The van der Waals surface area contributed by atoms with Crippen molar-refractivity contribution in [1.29, 1.82) is 0 Å². The highest BCUT2D eigenvalue weighted by Gasteiger charge is 2.42. The van der Waals surface area contributed by atoms with Crippen molar-refractivity contribution in [3.8, 4) is 5.75 Å². The second-order valence-corrected chi connectivity index (χ2v) is 5.99. The minimum atomic E-state index is -1.50. The predicted octanol–water partition coefficient (Wildman–Crippen LogP) is 0.989. The van der Waals surface area contributed by atoms with E-state index in [1.54, 1.807) is 18.2 Å². The average molecular weight is 335 g/mol. The Hall–Kier alpha value is -3.28. The van der Waals surface area contributed by atoms with Crippen molar-refractivity contribution in [3.63, 3.8) is 0 Å². The lowest BCUT2D eigenvalue weighted by molar-refractivity contribution is -0.138. The van der Waals surface area contributed by atoms with Gasteiger partial charge in [-0.05, 0) is 36.1 Å². The SMILES string of the molecule is O=C1NC(=O)C(Oc2ccc3c(c2)C(=O)c2ccccc2CC3)C1=O. The second-order valence-electron chi connectivity index (χ2n) is 5.99. The number of carbonyl (C=O) groups is 4. The molecule has 1 aliphatic heterocycles. The maximum atomic E-state index is 12.8. The minimum absolute atomic E-state index is 0.119. The van der Waals surface area contributed by atoms with Crippen LogP contribution < -0.4 is 10.1 Å². The normalized spacial score (nSPS) is 19.1. The molecular formula is C19H13NO5. The Kier molecular flexibility index (Phi) is 3.46. The summed E-state index contributed by atoms with van der Waals surface area (Å²) < 4.78 is 5.38. The molecule has 2 aromatic carbocycles. The standard InChI is InChI=1S/C19H13NO5/c21-15-13-4-2-1-3-10(13)5-6-11-7-8-12(9-14(11)15)25-17-16(22)18(23)20-19(17)24/h1-4,7-9,17H,5-6H2,(H,20,23,24). The number of imide groups is 1. The number of ketones is 2. The van der Waals surface area contributed by atoms with Crippen LogP contribution in [0.2, 0.25) is 0 Å². The molecule has 1 N–H and O–H groups in total. The van der Waals surface area contributed by atoms with Crippen LogP contribution in [-0.2, 0) is 27.2 Å². The Bertz CT molecular complexity index is 947. The lowest BCUT2D eigenvalue weighted by atomic mass is 9.99. The molecule has 1 unspecified atom stereocenters. The Labute approximate surface area is 142 Å². The van der Waals surface area contributed by atoms with E-state index in [1.807, 2.05) is 23.5 Å². The summed E-state index contributed by atoms with van der Waals surface area (Å²) in [6, 6.07) is 12.3. The molecule has 124 valence electrons. The lowest BCUT2D eigenvalue weighted by Gasteiger charge is -2.12. The highest BCUT2D eigenvalue weighted by atomic mass is 16.5. The van der Waals surface area contributed by atoms with Crippen molar-refractivity contribution < 1.29 is 23.9 Å². The molecule has 0 spiro atoms. The molecule has 2 aliphatic rings. The highest BCUT2D eigenvalue weighted by molar-refractivity contribution is 6.49. The molecule has 1 aliphatic carbocycles. The van der Waals surface area contributed by atoms with E-state index in [0.29, 0.717) is 17.5 Å². The summed E-state index contributed by atoms with van der Waals surface area (Å²) in [5.74, 6) is -2.62. The van der Waals surface area contributed by atoms with Crippen LogP contribution in [0.4, 0.5) is 0 Å². The van der Waals surface area contributed by atoms with Gasteiger partial charge in [0.05, 0.1) is 0 Å². The molecule has 1 heterocycles. The summed E-state index contributed by atoms with van der Waals surface area (Å²) in [6.45, 7) is 0. The molecule has 0 aromatic heterocycles. The molecule has 2 aromatic rings. The van der Waals surface area contributed by atoms with Crippen molar-refractivity contribution in [2.45, 2.75) is 18.9 Å². The lowest BCUT2D eigenvalue weighted by Crippen LogP contribution is -2.31. The quantitative estimate of drug-likeness (QED) is 0.502. The fourth-order valence-electron chi connectivity index (χ4n) is 3.15. The van der Waals surface area contributed by atoms with Crippen molar-refractivity contribution in [3.05, 3.63) is 64.7 Å². The smallest absolute Gasteiger partial charge is 0.298 e. The zero-order chi connectivity index (χ0) is 17.6. The van der Waals surface area contributed by atoms with Gasteiger partial charge in [0, 0.05) is 11.1 Å². The van der Waals surface area contributed by atoms with Crippen LogP contribution >= 0.6 is 0 Å². The van der Waals surface area contributed by atoms with Crippen LogP contribution in [0.25, 0.3) is 0 Å². The van der Waals surface area contributed by atoms with Gasteiger partial charge in [-0.15, -0.1) is 0 Å². The molecule has 1 saturated heterocycles. The molecule has 1 fully saturated rings. The zero-order valence-electron chi connectivity index (χ0n) is 13.1. The van der Waals surface area contributed by atoms with E-state index < -0.39 is 23.7 Å². The molecule has 6 heteroatoms. The van der Waals surface area contributed by atoms with E-state index in [1.165, 1.54) is 6.07 Å². The van der Waals surface area contributed by atoms with Gasteiger partial charge in [0.1, 0.15) is 5.75 Å². The number of amides is 2. The summed E-state index contributed by atoms with van der Waals surface area (Å²) in [7, 11) is 0. The van der Waals surface area contributed by atoms with Crippen molar-refractivity contribution >= 4 is 23.4 Å². The zero-order valence-corrected chi connectivity index (χ0v) is 13.1. The van der Waals surface area contributed by atoms with Crippen LogP contribution in [0, 0.1) is 0 Å². The van der Waals surface area contributed by atoms with Crippen LogP contribution in [0.1, 0.15) is 27.0 Å². The summed E-state index contributed by atoms with van der Waals surface area (Å²) in [5.41, 5.74) is 3.00. The minimum Gasteiger partial charge on any atom is -0.472 e. The van der Waals surface area contributed by atoms with Crippen molar-refractivity contribution in [1.82, 2.24) is 5.32 Å². The van der Waals surface area contributed by atoms with Gasteiger partial charge in [0.15, 0.2) is 5.78 Å². The molecule has 6 nitrogen and oxygen atoms in total. The maximum Gasteiger partial charge on any atom is 0.298 e. The van der Waals surface area contributed by atoms with Gasteiger partial charge in [-0.2, -0.15) is 0 Å². The fraction of sp³-hybridized carbons (Fsp3) is 0.158. The fourth-order valence-corrected chi connectivity index (χ4v) is 3.15. The summed E-state index contributed by atoms with van der Waals surface area (Å²) in [5, 5.41) is 1.91. The third kappa shape index (κ3) is 2.52. The number of benzene rings is 2. The Morgan fingerprint density at radius 1 is 0.880 bits per heavy atom. The predicted molar refractivity (Wildman–Crippen MR) is 86.3 cm³/mol. The Morgan fingerprint density at radius 3 is 2.32 bits per heavy atom. The molecule has 2 amide bonds. The summed E-state index contributed by atoms with van der Waals surface area (Å²) >= 11 is 0. The first-order valence-corrected chi connectivity index (χ1v) is 7.86. The highest BCUT2D eigenvalue weighted by Crippen LogP contribution is 2.28. The maximum absolute atomic E-state index is 12.8. The van der Waals surface area contributed by atoms with Gasteiger partial charge in [0.25, 0.3) is 17.6 Å². The first kappa shape index (κ1) is 15.3. The number of carbonyl (C=O) groups excluding carboxylic acids is 4. The van der Waals surface area contributed by atoms with Gasteiger partial charge in [-0.1, -0.05) is 30.3 Å². The Morgan fingerprint density at radius 2 is 1.60 bits per heavy atom. The largest absolute Gasteiger partial charge is 0.472 e. The molecule has 4 rings (SSSR count). The van der Waals surface area contributed by atoms with Crippen molar-refractivity contribution in [2.24, 2.45) is 0 Å². The number of ether oxygens (including phenoxy) is 1. The molecule has 1 atom stereocenters. The number of hydrogen-bond donors (Lipinski definition) is 1.